The van der Waals surface area contributed by atoms with E-state index in [2.05, 4.69) is 17.6 Å². The van der Waals surface area contributed by atoms with E-state index in [4.69, 9.17) is 0 Å². The summed E-state index contributed by atoms with van der Waals surface area (Å²) in [5.74, 6) is 0.294. The van der Waals surface area contributed by atoms with Crippen molar-refractivity contribution in [3.05, 3.63) is 0 Å². The zero-order valence-electron chi connectivity index (χ0n) is 12.6. The van der Waals surface area contributed by atoms with Crippen LogP contribution in [0.3, 0.4) is 0 Å². The maximum Gasteiger partial charge on any atom is 0.219 e. The van der Waals surface area contributed by atoms with Crippen molar-refractivity contribution in [2.75, 3.05) is 13.1 Å². The predicted octanol–water partition coefficient (Wildman–Crippen LogP) is 2.77. The number of unbranched alkanes of at least 4 members (excludes halogenated alkanes) is 4. The lowest BCUT2D eigenvalue weighted by Gasteiger charge is -2.05. The Kier molecular flexibility index (Phi) is 12.6. The minimum atomic E-state index is 0.135. The van der Waals surface area contributed by atoms with Crippen LogP contribution in [0.4, 0.5) is 0 Å². The van der Waals surface area contributed by atoms with Crippen molar-refractivity contribution in [3.8, 4) is 0 Å². The van der Waals surface area contributed by atoms with E-state index >= 15 is 0 Å². The number of carbonyl (C=O) groups excluding carboxylic acids is 2. The van der Waals surface area contributed by atoms with Crippen molar-refractivity contribution >= 4 is 11.8 Å². The number of rotatable bonds is 12. The number of hydrogen-bond acceptors (Lipinski definition) is 2. The molecule has 0 fully saturated rings. The van der Waals surface area contributed by atoms with Crippen LogP contribution < -0.4 is 10.6 Å². The van der Waals surface area contributed by atoms with Crippen LogP contribution in [0.15, 0.2) is 0 Å². The van der Waals surface area contributed by atoms with E-state index in [1.807, 2.05) is 6.92 Å². The minimum absolute atomic E-state index is 0.135. The largest absolute Gasteiger partial charge is 0.356 e. The highest BCUT2D eigenvalue weighted by atomic mass is 16.2. The smallest absolute Gasteiger partial charge is 0.219 e. The summed E-state index contributed by atoms with van der Waals surface area (Å²) in [7, 11) is 0. The molecule has 0 radical (unpaired) electrons. The highest BCUT2D eigenvalue weighted by Gasteiger charge is 2.01. The summed E-state index contributed by atoms with van der Waals surface area (Å²) in [6.07, 6.45) is 8.40. The maximum absolute atomic E-state index is 11.5. The lowest BCUT2D eigenvalue weighted by molar-refractivity contribution is -0.122. The number of hydrogen-bond donors (Lipinski definition) is 2. The van der Waals surface area contributed by atoms with Crippen LogP contribution in [0.5, 0.6) is 0 Å². The molecule has 4 nitrogen and oxygen atoms in total. The van der Waals surface area contributed by atoms with Gasteiger partial charge in [-0.1, -0.05) is 33.1 Å². The van der Waals surface area contributed by atoms with Crippen LogP contribution >= 0.6 is 0 Å². The zero-order chi connectivity index (χ0) is 14.3. The monoisotopic (exact) mass is 270 g/mol. The molecule has 0 saturated heterocycles. The Bertz CT molecular complexity index is 242. The summed E-state index contributed by atoms with van der Waals surface area (Å²) in [5.41, 5.74) is 0. The molecule has 2 N–H and O–H groups in total. The number of amides is 2. The van der Waals surface area contributed by atoms with Crippen LogP contribution in [0, 0.1) is 0 Å². The fraction of sp³-hybridized carbons (Fsp3) is 0.867. The van der Waals surface area contributed by atoms with E-state index in [9.17, 15) is 9.59 Å². The molecule has 0 aromatic carbocycles. The maximum atomic E-state index is 11.5. The standard InChI is InChI=1S/C15H30N2O2/c1-3-5-8-12-17-15(19)11-7-6-9-13-16-14(18)10-4-2/h3-13H2,1-2H3,(H,16,18)(H,17,19). The molecule has 0 atom stereocenters. The third-order valence-corrected chi connectivity index (χ3v) is 2.98. The normalized spacial score (nSPS) is 10.2. The molecule has 0 bridgehead atoms. The highest BCUT2D eigenvalue weighted by Crippen LogP contribution is 1.99. The van der Waals surface area contributed by atoms with Gasteiger partial charge in [-0.3, -0.25) is 9.59 Å². The van der Waals surface area contributed by atoms with Gasteiger partial charge in [0, 0.05) is 25.9 Å². The SMILES string of the molecule is CCCCCNC(=O)CCCCCNC(=O)CCC. The van der Waals surface area contributed by atoms with Crippen molar-refractivity contribution in [1.82, 2.24) is 10.6 Å². The average molecular weight is 270 g/mol. The van der Waals surface area contributed by atoms with E-state index in [1.54, 1.807) is 0 Å². The van der Waals surface area contributed by atoms with Crippen molar-refractivity contribution in [3.63, 3.8) is 0 Å². The van der Waals surface area contributed by atoms with Crippen molar-refractivity contribution < 1.29 is 9.59 Å². The Balaban J connectivity index is 3.25. The quantitative estimate of drug-likeness (QED) is 0.536. The first-order valence-corrected chi connectivity index (χ1v) is 7.74. The predicted molar refractivity (Wildman–Crippen MR) is 78.9 cm³/mol. The molecule has 0 heterocycles. The van der Waals surface area contributed by atoms with E-state index in [0.717, 1.165) is 45.2 Å². The molecule has 0 aliphatic heterocycles. The molecule has 0 aromatic heterocycles. The van der Waals surface area contributed by atoms with Crippen molar-refractivity contribution in [1.29, 1.82) is 0 Å². The van der Waals surface area contributed by atoms with Crippen LogP contribution in [0.2, 0.25) is 0 Å². The second kappa shape index (κ2) is 13.4. The van der Waals surface area contributed by atoms with E-state index < -0.39 is 0 Å². The summed E-state index contributed by atoms with van der Waals surface area (Å²) in [4.78, 5) is 22.6. The van der Waals surface area contributed by atoms with Gasteiger partial charge in [0.1, 0.15) is 0 Å². The third-order valence-electron chi connectivity index (χ3n) is 2.98. The van der Waals surface area contributed by atoms with Gasteiger partial charge in [-0.2, -0.15) is 0 Å². The fourth-order valence-corrected chi connectivity index (χ4v) is 1.82. The fourth-order valence-electron chi connectivity index (χ4n) is 1.82. The van der Waals surface area contributed by atoms with E-state index in [-0.39, 0.29) is 11.8 Å². The Hall–Kier alpha value is -1.06. The van der Waals surface area contributed by atoms with Gasteiger partial charge in [0.2, 0.25) is 11.8 Å². The Labute approximate surface area is 117 Å². The second-order valence-corrected chi connectivity index (χ2v) is 4.97. The average Bonchev–Trinajstić information content (AvgIpc) is 2.39. The van der Waals surface area contributed by atoms with Crippen LogP contribution in [-0.2, 0) is 9.59 Å². The minimum Gasteiger partial charge on any atom is -0.356 e. The van der Waals surface area contributed by atoms with Gasteiger partial charge < -0.3 is 10.6 Å². The summed E-state index contributed by atoms with van der Waals surface area (Å²) in [5, 5.41) is 5.82. The highest BCUT2D eigenvalue weighted by molar-refractivity contribution is 5.76. The van der Waals surface area contributed by atoms with Gasteiger partial charge in [-0.15, -0.1) is 0 Å². The molecular weight excluding hydrogens is 240 g/mol. The summed E-state index contributed by atoms with van der Waals surface area (Å²) in [6.45, 7) is 5.69. The summed E-state index contributed by atoms with van der Waals surface area (Å²) >= 11 is 0. The first-order valence-electron chi connectivity index (χ1n) is 7.74. The topological polar surface area (TPSA) is 58.2 Å². The molecular formula is C15H30N2O2. The Morgan fingerprint density at radius 1 is 0.684 bits per heavy atom. The first kappa shape index (κ1) is 17.9. The van der Waals surface area contributed by atoms with Gasteiger partial charge in [0.25, 0.3) is 0 Å². The molecule has 112 valence electrons. The van der Waals surface area contributed by atoms with Gasteiger partial charge in [0.15, 0.2) is 0 Å². The number of nitrogens with one attached hydrogen (secondary N) is 2. The third kappa shape index (κ3) is 13.2. The van der Waals surface area contributed by atoms with E-state index in [1.165, 1.54) is 12.8 Å². The molecule has 0 unspecified atom stereocenters. The van der Waals surface area contributed by atoms with Gasteiger partial charge in [-0.25, -0.2) is 0 Å². The van der Waals surface area contributed by atoms with Crippen LogP contribution in [-0.4, -0.2) is 24.9 Å². The van der Waals surface area contributed by atoms with Crippen LogP contribution in [0.25, 0.3) is 0 Å². The molecule has 2 amide bonds. The van der Waals surface area contributed by atoms with Crippen molar-refractivity contribution in [2.24, 2.45) is 0 Å². The second-order valence-electron chi connectivity index (χ2n) is 4.97. The molecule has 4 heteroatoms. The first-order chi connectivity index (χ1) is 9.20. The lowest BCUT2D eigenvalue weighted by atomic mass is 10.2. The molecule has 19 heavy (non-hydrogen) atoms. The van der Waals surface area contributed by atoms with E-state index in [0.29, 0.717) is 12.8 Å². The number of carbonyl (C=O) groups is 2. The molecule has 0 spiro atoms. The molecule has 0 rings (SSSR count). The molecule has 0 aromatic rings. The zero-order valence-corrected chi connectivity index (χ0v) is 12.6. The lowest BCUT2D eigenvalue weighted by Crippen LogP contribution is -2.25. The molecule has 0 saturated carbocycles. The summed E-state index contributed by atoms with van der Waals surface area (Å²) in [6, 6.07) is 0. The summed E-state index contributed by atoms with van der Waals surface area (Å²) < 4.78 is 0. The van der Waals surface area contributed by atoms with Gasteiger partial charge >= 0.3 is 0 Å². The van der Waals surface area contributed by atoms with Gasteiger partial charge in [0.05, 0.1) is 0 Å². The Morgan fingerprint density at radius 3 is 1.84 bits per heavy atom. The van der Waals surface area contributed by atoms with Crippen LogP contribution in [0.1, 0.15) is 71.6 Å². The van der Waals surface area contributed by atoms with Gasteiger partial charge in [-0.05, 0) is 25.7 Å². The molecule has 0 aliphatic rings. The Morgan fingerprint density at radius 2 is 1.26 bits per heavy atom. The van der Waals surface area contributed by atoms with Crippen molar-refractivity contribution in [2.45, 2.75) is 71.6 Å². The molecule has 0 aliphatic carbocycles.